The number of nitriles is 1. The zero-order valence-corrected chi connectivity index (χ0v) is 17.6. The summed E-state index contributed by atoms with van der Waals surface area (Å²) in [7, 11) is 0. The number of rotatable bonds is 4. The molecule has 1 heterocycles. The second kappa shape index (κ2) is 8.42. The molecule has 2 aromatic carbocycles. The monoisotopic (exact) mass is 447 g/mol. The fourth-order valence-corrected chi connectivity index (χ4v) is 4.13. The van der Waals surface area contributed by atoms with E-state index in [2.05, 4.69) is 4.98 Å². The standard InChI is InChI=1S/C21H16F3N3OS2/c1-12(2)27(16-6-7-17-18(10-16)30-20(29)26-17)19(28)14(11-25)8-13-4-3-5-15(9-13)21(22,23)24/h3-10,12H,1-2H3,(H,26,29)/b14-8+. The minimum absolute atomic E-state index is 0.123. The van der Waals surface area contributed by atoms with Crippen molar-refractivity contribution in [2.24, 2.45) is 0 Å². The van der Waals surface area contributed by atoms with E-state index in [9.17, 15) is 23.2 Å². The number of alkyl halides is 3. The maximum atomic E-state index is 13.1. The number of nitrogens with zero attached hydrogens (tertiary/aromatic N) is 2. The molecule has 0 aliphatic carbocycles. The minimum Gasteiger partial charge on any atom is -0.337 e. The van der Waals surface area contributed by atoms with Crippen LogP contribution in [0.25, 0.3) is 16.3 Å². The first-order valence-corrected chi connectivity index (χ1v) is 10.1. The second-order valence-electron chi connectivity index (χ2n) is 6.76. The lowest BCUT2D eigenvalue weighted by atomic mass is 10.1. The van der Waals surface area contributed by atoms with Crippen LogP contribution in [-0.4, -0.2) is 16.9 Å². The van der Waals surface area contributed by atoms with Gasteiger partial charge in [0.15, 0.2) is 3.95 Å². The van der Waals surface area contributed by atoms with Gasteiger partial charge in [-0.2, -0.15) is 18.4 Å². The van der Waals surface area contributed by atoms with E-state index < -0.39 is 17.6 Å². The number of hydrogen-bond acceptors (Lipinski definition) is 4. The van der Waals surface area contributed by atoms with E-state index in [1.807, 2.05) is 6.07 Å². The zero-order valence-electron chi connectivity index (χ0n) is 15.9. The molecule has 1 aromatic heterocycles. The van der Waals surface area contributed by atoms with Crippen molar-refractivity contribution in [3.8, 4) is 6.07 Å². The van der Waals surface area contributed by atoms with Crippen molar-refractivity contribution in [3.05, 3.63) is 63.1 Å². The maximum absolute atomic E-state index is 13.1. The van der Waals surface area contributed by atoms with Gasteiger partial charge in [-0.15, -0.1) is 11.3 Å². The Morgan fingerprint density at radius 2 is 2.00 bits per heavy atom. The van der Waals surface area contributed by atoms with Crippen LogP contribution in [0.15, 0.2) is 48.0 Å². The Morgan fingerprint density at radius 1 is 1.27 bits per heavy atom. The maximum Gasteiger partial charge on any atom is 0.416 e. The molecular weight excluding hydrogens is 431 g/mol. The van der Waals surface area contributed by atoms with E-state index in [-0.39, 0.29) is 17.2 Å². The number of hydrogen-bond donors (Lipinski definition) is 1. The molecule has 30 heavy (non-hydrogen) atoms. The number of benzene rings is 2. The summed E-state index contributed by atoms with van der Waals surface area (Å²) in [4.78, 5) is 17.6. The average molecular weight is 448 g/mol. The van der Waals surface area contributed by atoms with Gasteiger partial charge < -0.3 is 9.88 Å². The third-order valence-electron chi connectivity index (χ3n) is 4.29. The van der Waals surface area contributed by atoms with Gasteiger partial charge in [-0.05, 0) is 68.0 Å². The van der Waals surface area contributed by atoms with Gasteiger partial charge in [-0.25, -0.2) is 0 Å². The first-order valence-electron chi connectivity index (χ1n) is 8.85. The molecule has 9 heteroatoms. The van der Waals surface area contributed by atoms with E-state index in [4.69, 9.17) is 12.2 Å². The Labute approximate surface area is 179 Å². The molecule has 0 aliphatic heterocycles. The molecular formula is C21H16F3N3OS2. The fourth-order valence-electron chi connectivity index (χ4n) is 2.98. The molecule has 0 radical (unpaired) electrons. The molecule has 0 aliphatic rings. The molecule has 1 amide bonds. The molecule has 0 saturated heterocycles. The normalized spacial score (nSPS) is 12.2. The Hall–Kier alpha value is -2.96. The van der Waals surface area contributed by atoms with E-state index in [1.165, 1.54) is 34.4 Å². The first-order chi connectivity index (χ1) is 14.1. The summed E-state index contributed by atoms with van der Waals surface area (Å²) >= 11 is 6.51. The highest BCUT2D eigenvalue weighted by Crippen LogP contribution is 2.31. The van der Waals surface area contributed by atoms with Crippen LogP contribution in [0, 0.1) is 15.3 Å². The summed E-state index contributed by atoms with van der Waals surface area (Å²) in [6.07, 6.45) is -3.34. The second-order valence-corrected chi connectivity index (χ2v) is 8.48. The van der Waals surface area contributed by atoms with Gasteiger partial charge in [0.2, 0.25) is 0 Å². The van der Waals surface area contributed by atoms with Crippen LogP contribution in [0.4, 0.5) is 18.9 Å². The Bertz CT molecular complexity index is 1230. The zero-order chi connectivity index (χ0) is 22.1. The topological polar surface area (TPSA) is 59.9 Å². The van der Waals surface area contributed by atoms with E-state index >= 15 is 0 Å². The summed E-state index contributed by atoms with van der Waals surface area (Å²) in [5, 5.41) is 9.53. The molecule has 4 nitrogen and oxygen atoms in total. The third kappa shape index (κ3) is 4.61. The lowest BCUT2D eigenvalue weighted by Gasteiger charge is -2.26. The predicted octanol–water partition coefficient (Wildman–Crippen LogP) is 6.33. The smallest absolute Gasteiger partial charge is 0.337 e. The average Bonchev–Trinajstić information content (AvgIpc) is 3.04. The largest absolute Gasteiger partial charge is 0.416 e. The Balaban J connectivity index is 2.02. The Morgan fingerprint density at radius 3 is 2.63 bits per heavy atom. The van der Waals surface area contributed by atoms with E-state index in [0.29, 0.717) is 9.64 Å². The summed E-state index contributed by atoms with van der Waals surface area (Å²) in [5.74, 6) is -0.594. The minimum atomic E-state index is -4.51. The molecule has 3 aromatic rings. The first kappa shape index (κ1) is 21.7. The van der Waals surface area contributed by atoms with Crippen molar-refractivity contribution in [2.75, 3.05) is 4.90 Å². The molecule has 3 rings (SSSR count). The lowest BCUT2D eigenvalue weighted by molar-refractivity contribution is -0.137. The van der Waals surface area contributed by atoms with Crippen LogP contribution >= 0.6 is 23.6 Å². The number of aromatic nitrogens is 1. The number of halogens is 3. The fraction of sp³-hybridized carbons (Fsp3) is 0.190. The molecule has 0 spiro atoms. The van der Waals surface area contributed by atoms with Crippen molar-refractivity contribution in [3.63, 3.8) is 0 Å². The number of amides is 1. The number of aromatic amines is 1. The summed E-state index contributed by atoms with van der Waals surface area (Å²) in [6, 6.07) is 11.3. The van der Waals surface area contributed by atoms with Crippen LogP contribution in [0.3, 0.4) is 0 Å². The molecule has 0 bridgehead atoms. The summed E-state index contributed by atoms with van der Waals surface area (Å²) < 4.78 is 40.3. The van der Waals surface area contributed by atoms with Crippen molar-refractivity contribution >= 4 is 51.4 Å². The quantitative estimate of drug-likeness (QED) is 0.289. The third-order valence-corrected chi connectivity index (χ3v) is 5.49. The number of carbonyl (C=O) groups excluding carboxylic acids is 1. The van der Waals surface area contributed by atoms with Crippen LogP contribution in [0.5, 0.6) is 0 Å². The van der Waals surface area contributed by atoms with Gasteiger partial charge in [-0.1, -0.05) is 12.1 Å². The summed E-state index contributed by atoms with van der Waals surface area (Å²) in [5.41, 5.74) is 0.422. The Kier molecular flexibility index (Phi) is 6.10. The van der Waals surface area contributed by atoms with Gasteiger partial charge in [0.1, 0.15) is 11.6 Å². The molecule has 0 unspecified atom stereocenters. The molecule has 0 atom stereocenters. The highest BCUT2D eigenvalue weighted by atomic mass is 32.1. The number of carbonyl (C=O) groups is 1. The predicted molar refractivity (Wildman–Crippen MR) is 115 cm³/mol. The van der Waals surface area contributed by atoms with Crippen molar-refractivity contribution in [2.45, 2.75) is 26.1 Å². The van der Waals surface area contributed by atoms with Gasteiger partial charge in [0.05, 0.1) is 15.8 Å². The van der Waals surface area contributed by atoms with Crippen LogP contribution in [0.2, 0.25) is 0 Å². The van der Waals surface area contributed by atoms with E-state index in [0.717, 1.165) is 22.3 Å². The van der Waals surface area contributed by atoms with Crippen molar-refractivity contribution < 1.29 is 18.0 Å². The SMILES string of the molecule is CC(C)N(C(=O)/C(C#N)=C/c1cccc(C(F)(F)F)c1)c1ccc2[nH]c(=S)sc2c1. The van der Waals surface area contributed by atoms with Gasteiger partial charge in [0, 0.05) is 11.7 Å². The molecule has 154 valence electrons. The molecule has 0 fully saturated rings. The van der Waals surface area contributed by atoms with Crippen molar-refractivity contribution in [1.29, 1.82) is 5.26 Å². The van der Waals surface area contributed by atoms with Crippen LogP contribution in [-0.2, 0) is 11.0 Å². The van der Waals surface area contributed by atoms with Crippen LogP contribution < -0.4 is 4.90 Å². The number of anilines is 1. The van der Waals surface area contributed by atoms with Gasteiger partial charge >= 0.3 is 6.18 Å². The number of nitrogens with one attached hydrogen (secondary N) is 1. The van der Waals surface area contributed by atoms with Crippen molar-refractivity contribution in [1.82, 2.24) is 4.98 Å². The van der Waals surface area contributed by atoms with E-state index in [1.54, 1.807) is 32.0 Å². The number of thiazole rings is 1. The number of H-pyrrole nitrogens is 1. The molecule has 1 N–H and O–H groups in total. The lowest BCUT2D eigenvalue weighted by Crippen LogP contribution is -2.37. The van der Waals surface area contributed by atoms with Gasteiger partial charge in [-0.3, -0.25) is 4.79 Å². The van der Waals surface area contributed by atoms with Crippen LogP contribution in [0.1, 0.15) is 25.0 Å². The summed E-state index contributed by atoms with van der Waals surface area (Å²) in [6.45, 7) is 3.58. The highest BCUT2D eigenvalue weighted by Gasteiger charge is 2.30. The highest BCUT2D eigenvalue weighted by molar-refractivity contribution is 7.73. The number of fused-ring (bicyclic) bond motifs is 1. The van der Waals surface area contributed by atoms with Gasteiger partial charge in [0.25, 0.3) is 5.91 Å². The molecule has 0 saturated carbocycles.